The summed E-state index contributed by atoms with van der Waals surface area (Å²) in [7, 11) is -3.81. The molecule has 0 fully saturated rings. The Hall–Kier alpha value is -1.42. The highest BCUT2D eigenvalue weighted by Gasteiger charge is 2.21. The number of nitrogens with one attached hydrogen (secondary N) is 2. The number of fused-ring (bicyclic) bond motifs is 1. The summed E-state index contributed by atoms with van der Waals surface area (Å²) in [4.78, 5) is -0.0140. The van der Waals surface area contributed by atoms with Crippen molar-refractivity contribution in [1.82, 2.24) is 18.9 Å². The van der Waals surface area contributed by atoms with E-state index in [-0.39, 0.29) is 15.6 Å². The number of rotatable bonds is 3. The van der Waals surface area contributed by atoms with Gasteiger partial charge in [0.15, 0.2) is 0 Å². The van der Waals surface area contributed by atoms with E-state index in [0.717, 1.165) is 11.7 Å². The number of aromatic nitrogens is 4. The number of halogens is 2. The lowest BCUT2D eigenvalue weighted by Crippen LogP contribution is -2.13. The molecule has 0 aliphatic carbocycles. The van der Waals surface area contributed by atoms with Gasteiger partial charge in [-0.25, -0.2) is 8.42 Å². The van der Waals surface area contributed by atoms with Crippen LogP contribution in [0.15, 0.2) is 23.4 Å². The van der Waals surface area contributed by atoms with E-state index in [2.05, 4.69) is 23.7 Å². The summed E-state index contributed by atoms with van der Waals surface area (Å²) in [5.74, 6) is 0. The predicted molar refractivity (Wildman–Crippen MR) is 76.8 cm³/mol. The molecule has 7 nitrogen and oxygen atoms in total. The maximum absolute atomic E-state index is 12.2. The Kier molecular flexibility index (Phi) is 3.28. The van der Waals surface area contributed by atoms with Crippen molar-refractivity contribution in [1.29, 1.82) is 0 Å². The maximum Gasteiger partial charge on any atom is 0.265 e. The van der Waals surface area contributed by atoms with Gasteiger partial charge in [-0.05, 0) is 6.07 Å². The Morgan fingerprint density at radius 3 is 2.65 bits per heavy atom. The second kappa shape index (κ2) is 4.85. The third kappa shape index (κ3) is 2.22. The van der Waals surface area contributed by atoms with Crippen molar-refractivity contribution in [2.24, 2.45) is 0 Å². The molecule has 1 aromatic carbocycles. The van der Waals surface area contributed by atoms with E-state index in [1.807, 2.05) is 0 Å². The first-order valence-electron chi connectivity index (χ1n) is 5.11. The van der Waals surface area contributed by atoms with Crippen LogP contribution in [0.5, 0.6) is 0 Å². The van der Waals surface area contributed by atoms with Gasteiger partial charge < -0.3 is 0 Å². The van der Waals surface area contributed by atoms with Gasteiger partial charge in [0, 0.05) is 6.20 Å². The molecule has 0 bridgehead atoms. The summed E-state index contributed by atoms with van der Waals surface area (Å²) >= 11 is 12.9. The molecule has 104 valence electrons. The zero-order chi connectivity index (χ0) is 14.3. The highest BCUT2D eigenvalue weighted by molar-refractivity contribution is 7.92. The first kappa shape index (κ1) is 13.6. The first-order valence-corrected chi connectivity index (χ1v) is 8.08. The molecule has 0 amide bonds. The van der Waals surface area contributed by atoms with Gasteiger partial charge in [-0.15, -0.1) is 0 Å². The number of nitrogens with zero attached hydrogens (tertiary/aromatic N) is 3. The summed E-state index contributed by atoms with van der Waals surface area (Å²) in [6, 6.07) is 1.42. The Morgan fingerprint density at radius 2 is 1.95 bits per heavy atom. The standard InChI is InChI=1S/C9H5Cl2N5O2S2/c10-5-1-6(11)8(9-7(5)14-19-15-9)16-20(17,18)4-2-12-13-3-4/h1-3,16H,(H,12,13). The van der Waals surface area contributed by atoms with Crippen LogP contribution in [0.1, 0.15) is 0 Å². The average molecular weight is 350 g/mol. The number of benzene rings is 1. The Labute approximate surface area is 127 Å². The highest BCUT2D eigenvalue weighted by Crippen LogP contribution is 2.36. The average Bonchev–Trinajstić information content (AvgIpc) is 3.05. The van der Waals surface area contributed by atoms with Crippen LogP contribution in [0.25, 0.3) is 11.0 Å². The molecule has 0 aliphatic heterocycles. The van der Waals surface area contributed by atoms with Crippen molar-refractivity contribution < 1.29 is 8.42 Å². The largest absolute Gasteiger partial charge is 0.284 e. The molecule has 2 heterocycles. The van der Waals surface area contributed by atoms with Crippen molar-refractivity contribution in [2.45, 2.75) is 4.90 Å². The van der Waals surface area contributed by atoms with E-state index in [1.165, 1.54) is 18.5 Å². The third-order valence-corrected chi connectivity index (χ3v) is 4.90. The lowest BCUT2D eigenvalue weighted by Gasteiger charge is -2.09. The van der Waals surface area contributed by atoms with E-state index < -0.39 is 10.0 Å². The second-order valence-electron chi connectivity index (χ2n) is 3.72. The summed E-state index contributed by atoms with van der Waals surface area (Å²) in [5, 5.41) is 6.47. The lowest BCUT2D eigenvalue weighted by atomic mass is 10.3. The smallest absolute Gasteiger partial charge is 0.265 e. The maximum atomic E-state index is 12.2. The molecule has 0 aliphatic rings. The summed E-state index contributed by atoms with van der Waals surface area (Å²) < 4.78 is 34.7. The minimum absolute atomic E-state index is 0.0140. The van der Waals surface area contributed by atoms with Crippen LogP contribution >= 0.6 is 34.9 Å². The molecule has 0 radical (unpaired) electrons. The van der Waals surface area contributed by atoms with Gasteiger partial charge in [0.1, 0.15) is 15.9 Å². The molecule has 2 N–H and O–H groups in total. The SMILES string of the molecule is O=S(=O)(Nc1c(Cl)cc(Cl)c2nsnc12)c1cn[nH]c1. The van der Waals surface area contributed by atoms with E-state index in [0.29, 0.717) is 16.1 Å². The highest BCUT2D eigenvalue weighted by atomic mass is 35.5. The van der Waals surface area contributed by atoms with E-state index in [9.17, 15) is 8.42 Å². The number of H-pyrrole nitrogens is 1. The number of aromatic amines is 1. The first-order chi connectivity index (χ1) is 9.49. The Bertz CT molecular complexity index is 875. The van der Waals surface area contributed by atoms with Gasteiger partial charge in [-0.1, -0.05) is 23.2 Å². The van der Waals surface area contributed by atoms with Crippen LogP contribution in [0, 0.1) is 0 Å². The van der Waals surface area contributed by atoms with E-state index in [1.54, 1.807) is 0 Å². The van der Waals surface area contributed by atoms with Gasteiger partial charge in [0.05, 0.1) is 33.7 Å². The Morgan fingerprint density at radius 1 is 1.20 bits per heavy atom. The monoisotopic (exact) mass is 349 g/mol. The van der Waals surface area contributed by atoms with Crippen LogP contribution in [-0.4, -0.2) is 27.4 Å². The van der Waals surface area contributed by atoms with Crippen LogP contribution in [-0.2, 0) is 10.0 Å². The predicted octanol–water partition coefficient (Wildman–Crippen LogP) is 2.52. The zero-order valence-electron chi connectivity index (χ0n) is 9.46. The fourth-order valence-electron chi connectivity index (χ4n) is 1.55. The van der Waals surface area contributed by atoms with E-state index >= 15 is 0 Å². The van der Waals surface area contributed by atoms with Crippen molar-refractivity contribution in [2.75, 3.05) is 4.72 Å². The van der Waals surface area contributed by atoms with Crippen LogP contribution < -0.4 is 4.72 Å². The molecule has 11 heteroatoms. The fourth-order valence-corrected chi connectivity index (χ4v) is 3.76. The molecule has 3 rings (SSSR count). The van der Waals surface area contributed by atoms with Crippen LogP contribution in [0.4, 0.5) is 5.69 Å². The molecular formula is C9H5Cl2N5O2S2. The quantitative estimate of drug-likeness (QED) is 0.756. The molecule has 3 aromatic rings. The molecule has 20 heavy (non-hydrogen) atoms. The van der Waals surface area contributed by atoms with Crippen LogP contribution in [0.3, 0.4) is 0 Å². The molecule has 0 atom stereocenters. The Balaban J connectivity index is 2.14. The molecular weight excluding hydrogens is 345 g/mol. The molecule has 0 saturated carbocycles. The molecule has 0 saturated heterocycles. The van der Waals surface area contributed by atoms with E-state index in [4.69, 9.17) is 23.2 Å². The van der Waals surface area contributed by atoms with Crippen LogP contribution in [0.2, 0.25) is 10.0 Å². The molecule has 2 aromatic heterocycles. The minimum atomic E-state index is -3.81. The van der Waals surface area contributed by atoms with Crippen molar-refractivity contribution in [3.05, 3.63) is 28.5 Å². The molecule has 0 unspecified atom stereocenters. The number of anilines is 1. The van der Waals surface area contributed by atoms with Crippen molar-refractivity contribution >= 4 is 61.7 Å². The van der Waals surface area contributed by atoms with Gasteiger partial charge >= 0.3 is 0 Å². The number of sulfonamides is 1. The van der Waals surface area contributed by atoms with Crippen molar-refractivity contribution in [3.63, 3.8) is 0 Å². The summed E-state index contributed by atoms with van der Waals surface area (Å²) in [5.41, 5.74) is 0.839. The third-order valence-electron chi connectivity index (χ3n) is 2.46. The van der Waals surface area contributed by atoms with Gasteiger partial charge in [-0.3, -0.25) is 9.82 Å². The molecule has 0 spiro atoms. The fraction of sp³-hybridized carbons (Fsp3) is 0. The summed E-state index contributed by atoms with van der Waals surface area (Å²) in [6.45, 7) is 0. The zero-order valence-corrected chi connectivity index (χ0v) is 12.6. The minimum Gasteiger partial charge on any atom is -0.284 e. The van der Waals surface area contributed by atoms with Gasteiger partial charge in [-0.2, -0.15) is 13.8 Å². The lowest BCUT2D eigenvalue weighted by molar-refractivity contribution is 0.601. The number of hydrogen-bond donors (Lipinski definition) is 2. The van der Waals surface area contributed by atoms with Crippen molar-refractivity contribution in [3.8, 4) is 0 Å². The normalized spacial score (nSPS) is 11.9. The van der Waals surface area contributed by atoms with Gasteiger partial charge in [0.25, 0.3) is 10.0 Å². The topological polar surface area (TPSA) is 101 Å². The number of hydrogen-bond acceptors (Lipinski definition) is 6. The summed E-state index contributed by atoms with van der Waals surface area (Å²) in [6.07, 6.45) is 2.44. The van der Waals surface area contributed by atoms with Gasteiger partial charge in [0.2, 0.25) is 0 Å². The second-order valence-corrected chi connectivity index (χ2v) is 6.74.